The van der Waals surface area contributed by atoms with E-state index in [-0.39, 0.29) is 11.8 Å². The molecule has 3 atom stereocenters. The van der Waals surface area contributed by atoms with E-state index in [0.717, 1.165) is 6.42 Å². The Morgan fingerprint density at radius 3 is 2.27 bits per heavy atom. The summed E-state index contributed by atoms with van der Waals surface area (Å²) < 4.78 is 6.00. The van der Waals surface area contributed by atoms with Crippen molar-refractivity contribution in [2.75, 3.05) is 11.9 Å². The molecule has 1 fully saturated rings. The fourth-order valence-electron chi connectivity index (χ4n) is 3.67. The van der Waals surface area contributed by atoms with E-state index in [1.54, 1.807) is 17.0 Å². The van der Waals surface area contributed by atoms with Crippen molar-refractivity contribution in [3.05, 3.63) is 66.2 Å². The van der Waals surface area contributed by atoms with Gasteiger partial charge in [-0.05, 0) is 51.3 Å². The van der Waals surface area contributed by atoms with Crippen molar-refractivity contribution in [1.82, 2.24) is 4.90 Å². The number of nitrogens with one attached hydrogen (secondary N) is 1. The van der Waals surface area contributed by atoms with Crippen molar-refractivity contribution in [1.29, 1.82) is 0 Å². The number of para-hydroxylation sites is 1. The molecule has 6 heteroatoms. The summed E-state index contributed by atoms with van der Waals surface area (Å²) >= 11 is 0. The van der Waals surface area contributed by atoms with Crippen LogP contribution < -0.4 is 5.32 Å². The van der Waals surface area contributed by atoms with Crippen LogP contribution in [-0.4, -0.2) is 46.1 Å². The molecule has 1 heterocycles. The number of amides is 2. The van der Waals surface area contributed by atoms with Gasteiger partial charge in [-0.3, -0.25) is 9.59 Å². The summed E-state index contributed by atoms with van der Waals surface area (Å²) in [5.41, 5.74) is 0.649. The van der Waals surface area contributed by atoms with Crippen molar-refractivity contribution in [3.8, 4) is 0 Å². The highest BCUT2D eigenvalue weighted by molar-refractivity contribution is 5.98. The molecule has 2 aromatic carbocycles. The summed E-state index contributed by atoms with van der Waals surface area (Å²) in [7, 11) is 0. The quantitative estimate of drug-likeness (QED) is 0.764. The number of rotatable bonds is 6. The smallest absolute Gasteiger partial charge is 0.255 e. The Hall–Kier alpha value is -2.70. The Morgan fingerprint density at radius 2 is 1.67 bits per heavy atom. The molecule has 2 N–H and O–H groups in total. The van der Waals surface area contributed by atoms with Crippen molar-refractivity contribution in [2.24, 2.45) is 0 Å². The highest BCUT2D eigenvalue weighted by Gasteiger charge is 2.41. The van der Waals surface area contributed by atoms with E-state index in [9.17, 15) is 14.7 Å². The van der Waals surface area contributed by atoms with E-state index in [0.29, 0.717) is 24.2 Å². The Morgan fingerprint density at radius 1 is 1.07 bits per heavy atom. The molecule has 0 bridgehead atoms. The molecule has 6 nitrogen and oxygen atoms in total. The third-order valence-electron chi connectivity index (χ3n) is 5.03. The molecule has 160 valence electrons. The van der Waals surface area contributed by atoms with E-state index in [2.05, 4.69) is 5.32 Å². The summed E-state index contributed by atoms with van der Waals surface area (Å²) in [4.78, 5) is 27.9. The number of carbonyl (C=O) groups is 2. The van der Waals surface area contributed by atoms with Crippen LogP contribution in [0.25, 0.3) is 0 Å². The minimum Gasteiger partial charge on any atom is -0.385 e. The van der Waals surface area contributed by atoms with Gasteiger partial charge in [0.25, 0.3) is 5.91 Å². The number of aliphatic hydroxyl groups is 1. The van der Waals surface area contributed by atoms with Crippen molar-refractivity contribution < 1.29 is 19.4 Å². The maximum atomic E-state index is 13.5. The second kappa shape index (κ2) is 9.41. The Labute approximate surface area is 177 Å². The van der Waals surface area contributed by atoms with Gasteiger partial charge >= 0.3 is 0 Å². The van der Waals surface area contributed by atoms with Gasteiger partial charge in [0.1, 0.15) is 12.1 Å². The van der Waals surface area contributed by atoms with Gasteiger partial charge in [-0.15, -0.1) is 0 Å². The molecule has 0 aliphatic carbocycles. The molecule has 1 unspecified atom stereocenters. The highest BCUT2D eigenvalue weighted by Crippen LogP contribution is 2.28. The lowest BCUT2D eigenvalue weighted by Gasteiger charge is -2.34. The zero-order chi connectivity index (χ0) is 21.7. The number of nitrogens with zero attached hydrogens (tertiary/aromatic N) is 1. The molecule has 2 aromatic rings. The lowest BCUT2D eigenvalue weighted by atomic mass is 10.0. The minimum absolute atomic E-state index is 0.226. The van der Waals surface area contributed by atoms with Gasteiger partial charge in [-0.25, -0.2) is 0 Å². The molecule has 1 aliphatic rings. The molecule has 3 rings (SSSR count). The van der Waals surface area contributed by atoms with Crippen LogP contribution in [0.2, 0.25) is 0 Å². The fraction of sp³-hybridized carbons (Fsp3) is 0.417. The first-order chi connectivity index (χ1) is 14.3. The molecule has 0 spiro atoms. The largest absolute Gasteiger partial charge is 0.385 e. The molecule has 0 aromatic heterocycles. The minimum atomic E-state index is -1.13. The van der Waals surface area contributed by atoms with Crippen LogP contribution in [-0.2, 0) is 14.3 Å². The van der Waals surface area contributed by atoms with E-state index in [1.807, 2.05) is 69.3 Å². The van der Waals surface area contributed by atoms with Crippen LogP contribution in [0.1, 0.15) is 45.3 Å². The van der Waals surface area contributed by atoms with Crippen LogP contribution in [0.5, 0.6) is 0 Å². The number of aliphatic hydroxyl groups excluding tert-OH is 1. The molecular weight excluding hydrogens is 380 g/mol. The van der Waals surface area contributed by atoms with Gasteiger partial charge < -0.3 is 20.1 Å². The van der Waals surface area contributed by atoms with Crippen LogP contribution in [0.3, 0.4) is 0 Å². The first-order valence-electron chi connectivity index (χ1n) is 10.3. The first-order valence-corrected chi connectivity index (χ1v) is 10.3. The van der Waals surface area contributed by atoms with E-state index in [4.69, 9.17) is 4.74 Å². The Bertz CT molecular complexity index is 849. The maximum absolute atomic E-state index is 13.5. The summed E-state index contributed by atoms with van der Waals surface area (Å²) in [5, 5.41) is 13.8. The predicted molar refractivity (Wildman–Crippen MR) is 116 cm³/mol. The van der Waals surface area contributed by atoms with Gasteiger partial charge in [-0.1, -0.05) is 48.5 Å². The van der Waals surface area contributed by atoms with Gasteiger partial charge in [-0.2, -0.15) is 0 Å². The average Bonchev–Trinajstić information content (AvgIpc) is 3.22. The summed E-state index contributed by atoms with van der Waals surface area (Å²) in [5.74, 6) is -0.595. The standard InChI is InChI=1S/C24H30N2O4/c1-24(2,3)30-21(20(27)17-11-6-4-7-12-17)23(29)26-16-10-15-19(26)22(28)25-18-13-8-5-9-14-18/h4-9,11-14,19-21,27H,10,15-16H2,1-3H3,(H,25,28)/t19-,20-,21?/m0/s1. The molecule has 2 amide bonds. The first kappa shape index (κ1) is 22.0. The third-order valence-corrected chi connectivity index (χ3v) is 5.03. The van der Waals surface area contributed by atoms with Crippen molar-refractivity contribution in [2.45, 2.75) is 57.5 Å². The van der Waals surface area contributed by atoms with Gasteiger partial charge in [0, 0.05) is 12.2 Å². The topological polar surface area (TPSA) is 78.9 Å². The summed E-state index contributed by atoms with van der Waals surface area (Å²) in [6, 6.07) is 17.6. The highest BCUT2D eigenvalue weighted by atomic mass is 16.5. The number of anilines is 1. The summed E-state index contributed by atoms with van der Waals surface area (Å²) in [6.07, 6.45) is -0.926. The normalized spacial score (nSPS) is 18.7. The van der Waals surface area contributed by atoms with E-state index < -0.39 is 23.9 Å². The van der Waals surface area contributed by atoms with Crippen molar-refractivity contribution in [3.63, 3.8) is 0 Å². The lowest BCUT2D eigenvalue weighted by molar-refractivity contribution is -0.168. The second-order valence-corrected chi connectivity index (χ2v) is 8.55. The zero-order valence-corrected chi connectivity index (χ0v) is 17.7. The van der Waals surface area contributed by atoms with Gasteiger partial charge in [0.15, 0.2) is 6.10 Å². The van der Waals surface area contributed by atoms with Crippen molar-refractivity contribution >= 4 is 17.5 Å². The monoisotopic (exact) mass is 410 g/mol. The number of ether oxygens (including phenoxy) is 1. The molecule has 0 saturated carbocycles. The molecule has 0 radical (unpaired) electrons. The second-order valence-electron chi connectivity index (χ2n) is 8.55. The van der Waals surface area contributed by atoms with Crippen LogP contribution in [0.15, 0.2) is 60.7 Å². The molecule has 1 aliphatic heterocycles. The fourth-order valence-corrected chi connectivity index (χ4v) is 3.67. The maximum Gasteiger partial charge on any atom is 0.255 e. The lowest BCUT2D eigenvalue weighted by Crippen LogP contribution is -2.51. The number of likely N-dealkylation sites (tertiary alicyclic amines) is 1. The van der Waals surface area contributed by atoms with Gasteiger partial charge in [0.2, 0.25) is 5.91 Å². The number of benzene rings is 2. The van der Waals surface area contributed by atoms with Gasteiger partial charge in [0.05, 0.1) is 5.60 Å². The SMILES string of the molecule is CC(C)(C)OC(C(=O)N1CCC[C@H]1C(=O)Nc1ccccc1)[C@@H](O)c1ccccc1. The van der Waals surface area contributed by atoms with Crippen LogP contribution in [0, 0.1) is 0 Å². The average molecular weight is 411 g/mol. The third kappa shape index (κ3) is 5.46. The number of hydrogen-bond donors (Lipinski definition) is 2. The molecule has 30 heavy (non-hydrogen) atoms. The predicted octanol–water partition coefficient (Wildman–Crippen LogP) is 3.53. The molecule has 1 saturated heterocycles. The number of carbonyl (C=O) groups excluding carboxylic acids is 2. The Balaban J connectivity index is 1.80. The van der Waals surface area contributed by atoms with Crippen LogP contribution >= 0.6 is 0 Å². The van der Waals surface area contributed by atoms with E-state index in [1.165, 1.54) is 0 Å². The van der Waals surface area contributed by atoms with E-state index >= 15 is 0 Å². The summed E-state index contributed by atoms with van der Waals surface area (Å²) in [6.45, 7) is 5.98. The Kier molecular flexibility index (Phi) is 6.90. The van der Waals surface area contributed by atoms with Crippen LogP contribution in [0.4, 0.5) is 5.69 Å². The molecular formula is C24H30N2O4. The zero-order valence-electron chi connectivity index (χ0n) is 17.7. The number of hydrogen-bond acceptors (Lipinski definition) is 4.